The van der Waals surface area contributed by atoms with Gasteiger partial charge in [-0.15, -0.1) is 0 Å². The lowest BCUT2D eigenvalue weighted by Gasteiger charge is -2.51. The molecule has 3 N–H and O–H groups in total. The van der Waals surface area contributed by atoms with E-state index in [2.05, 4.69) is 10.3 Å². The molecule has 3 amide bonds. The van der Waals surface area contributed by atoms with E-state index in [0.29, 0.717) is 24.9 Å². The number of carbonyl (C=O) groups is 3. The average molecular weight is 342 g/mol. The molecule has 0 atom stereocenters. The predicted octanol–water partition coefficient (Wildman–Crippen LogP) is 0.815. The van der Waals surface area contributed by atoms with Crippen molar-refractivity contribution >= 4 is 23.4 Å². The minimum Gasteiger partial charge on any atom is -0.398 e. The van der Waals surface area contributed by atoms with E-state index in [0.717, 1.165) is 12.8 Å². The fraction of sp³-hybridized carbons (Fsp3) is 0.444. The van der Waals surface area contributed by atoms with Crippen molar-refractivity contribution in [3.8, 4) is 0 Å². The van der Waals surface area contributed by atoms with Crippen LogP contribution in [0.5, 0.6) is 0 Å². The summed E-state index contributed by atoms with van der Waals surface area (Å²) in [7, 11) is 0. The Hall–Kier alpha value is -2.70. The van der Waals surface area contributed by atoms with Crippen LogP contribution >= 0.6 is 0 Å². The van der Waals surface area contributed by atoms with E-state index >= 15 is 0 Å². The van der Waals surface area contributed by atoms with E-state index in [4.69, 9.17) is 5.73 Å². The van der Waals surface area contributed by atoms with Crippen molar-refractivity contribution in [3.05, 3.63) is 36.2 Å². The second kappa shape index (κ2) is 6.66. The van der Waals surface area contributed by atoms with Crippen LogP contribution in [0.2, 0.25) is 0 Å². The summed E-state index contributed by atoms with van der Waals surface area (Å²) >= 11 is 0. The number of nitrogens with one attached hydrogen (secondary N) is 1. The minimum absolute atomic E-state index is 0.0198. The number of nitrogens with two attached hydrogens (primary N) is 1. The first-order chi connectivity index (χ1) is 11.9. The molecule has 3 fully saturated rings. The van der Waals surface area contributed by atoms with Gasteiger partial charge in [0.15, 0.2) is 0 Å². The van der Waals surface area contributed by atoms with E-state index in [1.807, 2.05) is 0 Å². The van der Waals surface area contributed by atoms with Crippen LogP contribution in [0.3, 0.4) is 0 Å². The van der Waals surface area contributed by atoms with Crippen molar-refractivity contribution < 1.29 is 14.4 Å². The van der Waals surface area contributed by atoms with Crippen LogP contribution in [0.15, 0.2) is 30.6 Å². The van der Waals surface area contributed by atoms with Gasteiger partial charge in [-0.3, -0.25) is 24.7 Å². The summed E-state index contributed by atoms with van der Waals surface area (Å²) in [5.41, 5.74) is 6.07. The first kappa shape index (κ1) is 17.1. The number of piperidine rings is 2. The zero-order valence-electron chi connectivity index (χ0n) is 14.2. The molecule has 1 saturated carbocycles. The molecule has 25 heavy (non-hydrogen) atoms. The SMILES string of the molecule is CC(=O)N1CC2(C(=O)NC(=O)/C=C(/N)c3cccnc3)CCC1CC2. The highest BCUT2D eigenvalue weighted by Gasteiger charge is 2.50. The maximum atomic E-state index is 12.7. The molecular formula is C18H22N4O3. The summed E-state index contributed by atoms with van der Waals surface area (Å²) in [5.74, 6) is -0.895. The smallest absolute Gasteiger partial charge is 0.252 e. The minimum atomic E-state index is -0.674. The van der Waals surface area contributed by atoms with E-state index in [1.54, 1.807) is 29.4 Å². The highest BCUT2D eigenvalue weighted by molar-refractivity contribution is 6.06. The molecule has 0 spiro atoms. The number of hydrogen-bond acceptors (Lipinski definition) is 5. The molecule has 4 rings (SSSR count). The zero-order chi connectivity index (χ0) is 18.0. The molecule has 0 aromatic carbocycles. The molecule has 3 aliphatic rings. The maximum Gasteiger partial charge on any atom is 0.252 e. The van der Waals surface area contributed by atoms with Crippen molar-refractivity contribution in [1.82, 2.24) is 15.2 Å². The lowest BCUT2D eigenvalue weighted by molar-refractivity contribution is -0.151. The van der Waals surface area contributed by atoms with Gasteiger partial charge < -0.3 is 10.6 Å². The number of nitrogens with zero attached hydrogens (tertiary/aromatic N) is 2. The Morgan fingerprint density at radius 2 is 2.08 bits per heavy atom. The lowest BCUT2D eigenvalue weighted by atomic mass is 9.67. The molecule has 1 aliphatic carbocycles. The molecule has 3 heterocycles. The fourth-order valence-electron chi connectivity index (χ4n) is 3.79. The quantitative estimate of drug-likeness (QED) is 0.791. The number of aromatic nitrogens is 1. The molecule has 0 unspecified atom stereocenters. The van der Waals surface area contributed by atoms with Crippen molar-refractivity contribution in [2.24, 2.45) is 11.1 Å². The molecular weight excluding hydrogens is 320 g/mol. The van der Waals surface area contributed by atoms with Crippen LogP contribution in [-0.4, -0.2) is 40.2 Å². The van der Waals surface area contributed by atoms with Gasteiger partial charge in [0.2, 0.25) is 11.8 Å². The Bertz CT molecular complexity index is 721. The number of carbonyl (C=O) groups excluding carboxylic acids is 3. The van der Waals surface area contributed by atoms with Gasteiger partial charge >= 0.3 is 0 Å². The van der Waals surface area contributed by atoms with Gasteiger partial charge in [0, 0.05) is 49.2 Å². The molecule has 132 valence electrons. The third-order valence-electron chi connectivity index (χ3n) is 5.23. The number of imide groups is 1. The number of hydrogen-bond donors (Lipinski definition) is 2. The summed E-state index contributed by atoms with van der Waals surface area (Å²) in [6.45, 7) is 1.91. The molecule has 0 radical (unpaired) electrons. The van der Waals surface area contributed by atoms with E-state index in [-0.39, 0.29) is 23.6 Å². The number of rotatable bonds is 3. The molecule has 2 saturated heterocycles. The Morgan fingerprint density at radius 3 is 2.68 bits per heavy atom. The third kappa shape index (κ3) is 3.40. The number of fused-ring (bicyclic) bond motifs is 3. The highest BCUT2D eigenvalue weighted by Crippen LogP contribution is 2.44. The van der Waals surface area contributed by atoms with Crippen LogP contribution < -0.4 is 11.1 Å². The second-order valence-corrected chi connectivity index (χ2v) is 6.82. The Balaban J connectivity index is 1.69. The van der Waals surface area contributed by atoms with Crippen LogP contribution in [0.4, 0.5) is 0 Å². The highest BCUT2D eigenvalue weighted by atomic mass is 16.2. The first-order valence-corrected chi connectivity index (χ1v) is 8.41. The van der Waals surface area contributed by atoms with Gasteiger partial charge in [-0.05, 0) is 37.8 Å². The Labute approximate surface area is 146 Å². The van der Waals surface area contributed by atoms with Gasteiger partial charge in [-0.25, -0.2) is 0 Å². The molecule has 7 nitrogen and oxygen atoms in total. The summed E-state index contributed by atoms with van der Waals surface area (Å²) < 4.78 is 0. The predicted molar refractivity (Wildman–Crippen MR) is 91.6 cm³/mol. The lowest BCUT2D eigenvalue weighted by Crippen LogP contribution is -2.61. The normalized spacial score (nSPS) is 25.6. The monoisotopic (exact) mass is 342 g/mol. The maximum absolute atomic E-state index is 12.7. The summed E-state index contributed by atoms with van der Waals surface area (Å²) in [5, 5.41) is 2.43. The zero-order valence-corrected chi connectivity index (χ0v) is 14.2. The van der Waals surface area contributed by atoms with Gasteiger partial charge in [0.1, 0.15) is 0 Å². The molecule has 2 aliphatic heterocycles. The van der Waals surface area contributed by atoms with Crippen molar-refractivity contribution in [1.29, 1.82) is 0 Å². The summed E-state index contributed by atoms with van der Waals surface area (Å²) in [6, 6.07) is 3.68. The third-order valence-corrected chi connectivity index (χ3v) is 5.23. The largest absolute Gasteiger partial charge is 0.398 e. The van der Waals surface area contributed by atoms with Gasteiger partial charge in [0.05, 0.1) is 5.41 Å². The second-order valence-electron chi connectivity index (χ2n) is 6.82. The van der Waals surface area contributed by atoms with E-state index in [1.165, 1.54) is 13.0 Å². The fourth-order valence-corrected chi connectivity index (χ4v) is 3.79. The van der Waals surface area contributed by atoms with Crippen LogP contribution in [0, 0.1) is 5.41 Å². The molecule has 1 aromatic heterocycles. The van der Waals surface area contributed by atoms with Crippen LogP contribution in [0.1, 0.15) is 38.2 Å². The standard InChI is InChI=1S/C18H22N4O3/c1-12(23)22-11-18(6-4-14(22)5-7-18)17(25)21-16(24)9-15(19)13-3-2-8-20-10-13/h2-3,8-10,14H,4-7,11,19H2,1H3,(H,21,24,25)/b15-9+. The van der Waals surface area contributed by atoms with Crippen molar-refractivity contribution in [3.63, 3.8) is 0 Å². The Kier molecular flexibility index (Phi) is 4.57. The van der Waals surface area contributed by atoms with Gasteiger partial charge in [0.25, 0.3) is 5.91 Å². The van der Waals surface area contributed by atoms with Crippen LogP contribution in [0.25, 0.3) is 5.70 Å². The van der Waals surface area contributed by atoms with E-state index < -0.39 is 11.3 Å². The van der Waals surface area contributed by atoms with Crippen molar-refractivity contribution in [2.45, 2.75) is 38.6 Å². The number of amides is 3. The summed E-state index contributed by atoms with van der Waals surface area (Å²) in [4.78, 5) is 42.4. The van der Waals surface area contributed by atoms with Gasteiger partial charge in [-0.1, -0.05) is 0 Å². The molecule has 1 aromatic rings. The van der Waals surface area contributed by atoms with Gasteiger partial charge in [-0.2, -0.15) is 0 Å². The Morgan fingerprint density at radius 1 is 1.36 bits per heavy atom. The topological polar surface area (TPSA) is 105 Å². The van der Waals surface area contributed by atoms with Crippen LogP contribution in [-0.2, 0) is 14.4 Å². The average Bonchev–Trinajstić information content (AvgIpc) is 2.63. The number of pyridine rings is 1. The molecule has 2 bridgehead atoms. The first-order valence-electron chi connectivity index (χ1n) is 8.41. The van der Waals surface area contributed by atoms with E-state index in [9.17, 15) is 14.4 Å². The van der Waals surface area contributed by atoms with Crippen molar-refractivity contribution in [2.75, 3.05) is 6.54 Å². The summed E-state index contributed by atoms with van der Waals surface area (Å²) in [6.07, 6.45) is 7.35. The molecule has 7 heteroatoms.